The smallest absolute Gasteiger partial charge is 0.224 e. The van der Waals surface area contributed by atoms with Gasteiger partial charge in [-0.15, -0.1) is 0 Å². The topological polar surface area (TPSA) is 56.0 Å². The van der Waals surface area contributed by atoms with Gasteiger partial charge < -0.3 is 4.90 Å². The van der Waals surface area contributed by atoms with Crippen molar-refractivity contribution in [1.82, 2.24) is 24.5 Å². The van der Waals surface area contributed by atoms with Gasteiger partial charge in [0.25, 0.3) is 0 Å². The van der Waals surface area contributed by atoms with Gasteiger partial charge in [0, 0.05) is 26.2 Å². The van der Waals surface area contributed by atoms with Crippen molar-refractivity contribution in [2.45, 2.75) is 46.8 Å². The normalized spacial score (nSPS) is 11.0. The fraction of sp³-hybridized carbons (Fsp3) is 0.533. The lowest BCUT2D eigenvalue weighted by Crippen LogP contribution is -2.28. The summed E-state index contributed by atoms with van der Waals surface area (Å²) in [5.74, 6) is 0.0764. The highest BCUT2D eigenvalue weighted by Gasteiger charge is 2.14. The highest BCUT2D eigenvalue weighted by atomic mass is 35.5. The first-order valence-electron chi connectivity index (χ1n) is 7.38. The van der Waals surface area contributed by atoms with Crippen molar-refractivity contribution in [2.75, 3.05) is 7.05 Å². The minimum absolute atomic E-state index is 0.0764. The molecule has 0 aromatic carbocycles. The lowest BCUT2D eigenvalue weighted by atomic mass is 10.3. The number of hydrogen-bond acceptors (Lipinski definition) is 3. The summed E-state index contributed by atoms with van der Waals surface area (Å²) in [6.07, 6.45) is 2.16. The fourth-order valence-electron chi connectivity index (χ4n) is 2.40. The number of nitrogens with zero attached hydrogens (tertiary/aromatic N) is 5. The number of halogens is 1. The third-order valence-corrected chi connectivity index (χ3v) is 4.31. The van der Waals surface area contributed by atoms with E-state index in [2.05, 4.69) is 10.2 Å². The maximum absolute atomic E-state index is 12.3. The first-order valence-corrected chi connectivity index (χ1v) is 7.76. The molecule has 2 aromatic rings. The molecule has 0 unspecified atom stereocenters. The highest BCUT2D eigenvalue weighted by molar-refractivity contribution is 6.31. The van der Waals surface area contributed by atoms with Crippen molar-refractivity contribution >= 4 is 17.5 Å². The van der Waals surface area contributed by atoms with Crippen LogP contribution >= 0.6 is 11.6 Å². The van der Waals surface area contributed by atoms with E-state index in [1.54, 1.807) is 15.8 Å². The van der Waals surface area contributed by atoms with Gasteiger partial charge in [-0.05, 0) is 26.8 Å². The van der Waals surface area contributed by atoms with Crippen molar-refractivity contribution in [2.24, 2.45) is 0 Å². The van der Waals surface area contributed by atoms with Crippen LogP contribution in [0.2, 0.25) is 5.02 Å². The Balaban J connectivity index is 1.93. The average Bonchev–Trinajstić information content (AvgIpc) is 3.04. The molecule has 2 aromatic heterocycles. The van der Waals surface area contributed by atoms with E-state index >= 15 is 0 Å². The molecule has 22 heavy (non-hydrogen) atoms. The Morgan fingerprint density at radius 3 is 2.68 bits per heavy atom. The monoisotopic (exact) mass is 323 g/mol. The van der Waals surface area contributed by atoms with Gasteiger partial charge in [0.1, 0.15) is 0 Å². The number of carbonyl (C=O) groups is 1. The number of aromatic nitrogens is 4. The van der Waals surface area contributed by atoms with Crippen molar-refractivity contribution in [3.63, 3.8) is 0 Å². The summed E-state index contributed by atoms with van der Waals surface area (Å²) in [6, 6.07) is 1.94. The van der Waals surface area contributed by atoms with Crippen LogP contribution in [0.1, 0.15) is 30.4 Å². The Hall–Kier alpha value is -1.82. The van der Waals surface area contributed by atoms with Gasteiger partial charge in [0.15, 0.2) is 0 Å². The van der Waals surface area contributed by atoms with Gasteiger partial charge in [0.05, 0.1) is 35.2 Å². The van der Waals surface area contributed by atoms with Crippen LogP contribution in [0.25, 0.3) is 0 Å². The first-order chi connectivity index (χ1) is 10.4. The first kappa shape index (κ1) is 16.5. The second-order valence-corrected chi connectivity index (χ2v) is 5.72. The third kappa shape index (κ3) is 3.50. The Bertz CT molecular complexity index is 661. The van der Waals surface area contributed by atoms with E-state index in [0.29, 0.717) is 24.5 Å². The summed E-state index contributed by atoms with van der Waals surface area (Å²) in [4.78, 5) is 14.0. The van der Waals surface area contributed by atoms with Gasteiger partial charge in [-0.3, -0.25) is 14.2 Å². The molecule has 0 bridgehead atoms. The second kappa shape index (κ2) is 6.96. The minimum atomic E-state index is 0.0764. The predicted molar refractivity (Wildman–Crippen MR) is 85.7 cm³/mol. The number of rotatable bonds is 6. The van der Waals surface area contributed by atoms with Crippen LogP contribution in [0.15, 0.2) is 12.3 Å². The van der Waals surface area contributed by atoms with Crippen LogP contribution in [0.5, 0.6) is 0 Å². The van der Waals surface area contributed by atoms with E-state index in [9.17, 15) is 4.79 Å². The summed E-state index contributed by atoms with van der Waals surface area (Å²) in [7, 11) is 1.81. The predicted octanol–water partition coefficient (Wildman–Crippen LogP) is 2.42. The van der Waals surface area contributed by atoms with E-state index in [1.165, 1.54) is 0 Å². The van der Waals surface area contributed by atoms with Gasteiger partial charge in [-0.1, -0.05) is 11.6 Å². The van der Waals surface area contributed by atoms with Crippen LogP contribution in [0.4, 0.5) is 0 Å². The summed E-state index contributed by atoms with van der Waals surface area (Å²) < 4.78 is 3.68. The van der Waals surface area contributed by atoms with Crippen molar-refractivity contribution < 1.29 is 4.79 Å². The van der Waals surface area contributed by atoms with Crippen LogP contribution in [-0.4, -0.2) is 37.4 Å². The molecule has 0 saturated carbocycles. The molecule has 0 aliphatic carbocycles. The molecule has 0 atom stereocenters. The zero-order chi connectivity index (χ0) is 16.3. The molecule has 0 aliphatic rings. The molecule has 0 saturated heterocycles. The van der Waals surface area contributed by atoms with Crippen molar-refractivity contribution in [3.8, 4) is 0 Å². The molecule has 7 heteroatoms. The van der Waals surface area contributed by atoms with E-state index in [4.69, 9.17) is 11.6 Å². The number of hydrogen-bond donors (Lipinski definition) is 0. The van der Waals surface area contributed by atoms with Crippen LogP contribution in [0, 0.1) is 13.8 Å². The van der Waals surface area contributed by atoms with Crippen molar-refractivity contribution in [1.29, 1.82) is 0 Å². The largest absolute Gasteiger partial charge is 0.340 e. The number of carbonyl (C=O) groups excluding carboxylic acids is 1. The van der Waals surface area contributed by atoms with Gasteiger partial charge in [0.2, 0.25) is 5.91 Å². The second-order valence-electron chi connectivity index (χ2n) is 5.35. The maximum atomic E-state index is 12.3. The van der Waals surface area contributed by atoms with Crippen molar-refractivity contribution in [3.05, 3.63) is 34.4 Å². The highest BCUT2D eigenvalue weighted by Crippen LogP contribution is 2.19. The standard InChI is InChI=1S/C15H22ClN5O/c1-5-20-13(6-8-17-20)10-19(4)14(22)7-9-21-12(3)15(16)11(2)18-21/h6,8H,5,7,9-10H2,1-4H3. The third-order valence-electron chi connectivity index (χ3n) is 3.76. The molecule has 0 fully saturated rings. The summed E-state index contributed by atoms with van der Waals surface area (Å²) >= 11 is 6.12. The lowest BCUT2D eigenvalue weighted by molar-refractivity contribution is -0.130. The molecular weight excluding hydrogens is 302 g/mol. The molecule has 0 radical (unpaired) electrons. The average molecular weight is 324 g/mol. The van der Waals surface area contributed by atoms with Gasteiger partial charge in [-0.2, -0.15) is 10.2 Å². The Labute approximate surface area is 135 Å². The Morgan fingerprint density at radius 2 is 2.09 bits per heavy atom. The molecule has 0 aliphatic heterocycles. The zero-order valence-electron chi connectivity index (χ0n) is 13.5. The number of aryl methyl sites for hydroxylation is 3. The molecule has 1 amide bonds. The van der Waals surface area contributed by atoms with E-state index in [-0.39, 0.29) is 5.91 Å². The molecular formula is C15H22ClN5O. The van der Waals surface area contributed by atoms with Crippen LogP contribution < -0.4 is 0 Å². The zero-order valence-corrected chi connectivity index (χ0v) is 14.3. The van der Waals surface area contributed by atoms with Crippen LogP contribution in [0.3, 0.4) is 0 Å². The quantitative estimate of drug-likeness (QED) is 0.820. The molecule has 120 valence electrons. The van der Waals surface area contributed by atoms with Gasteiger partial charge >= 0.3 is 0 Å². The maximum Gasteiger partial charge on any atom is 0.224 e. The minimum Gasteiger partial charge on any atom is -0.340 e. The van der Waals surface area contributed by atoms with E-state index in [0.717, 1.165) is 23.6 Å². The lowest BCUT2D eigenvalue weighted by Gasteiger charge is -2.18. The summed E-state index contributed by atoms with van der Waals surface area (Å²) in [6.45, 7) is 7.71. The molecule has 6 nitrogen and oxygen atoms in total. The van der Waals surface area contributed by atoms with E-state index < -0.39 is 0 Å². The Kier molecular flexibility index (Phi) is 5.24. The summed E-state index contributed by atoms with van der Waals surface area (Å²) in [5, 5.41) is 9.23. The Morgan fingerprint density at radius 1 is 1.36 bits per heavy atom. The van der Waals surface area contributed by atoms with Gasteiger partial charge in [-0.25, -0.2) is 0 Å². The molecule has 2 heterocycles. The molecule has 2 rings (SSSR count). The number of amides is 1. The fourth-order valence-corrected chi connectivity index (χ4v) is 2.53. The van der Waals surface area contributed by atoms with E-state index in [1.807, 2.05) is 38.6 Å². The van der Waals surface area contributed by atoms with Crippen LogP contribution in [-0.2, 0) is 24.4 Å². The molecule has 0 N–H and O–H groups in total. The SMILES string of the molecule is CCn1nccc1CN(C)C(=O)CCn1nc(C)c(Cl)c1C. The molecule has 0 spiro atoms. The summed E-state index contributed by atoms with van der Waals surface area (Å²) in [5.41, 5.74) is 2.73.